The van der Waals surface area contributed by atoms with Crippen LogP contribution in [0.4, 0.5) is 0 Å². The summed E-state index contributed by atoms with van der Waals surface area (Å²) in [5.74, 6) is 2.23. The Morgan fingerprint density at radius 2 is 1.89 bits per heavy atom. The van der Waals surface area contributed by atoms with Crippen molar-refractivity contribution in [3.05, 3.63) is 83.5 Å². The molecule has 1 atom stereocenters. The number of carbonyl (C=O) groups is 1. The van der Waals surface area contributed by atoms with Crippen molar-refractivity contribution in [2.75, 3.05) is 26.3 Å². The van der Waals surface area contributed by atoms with Crippen LogP contribution in [0.2, 0.25) is 0 Å². The van der Waals surface area contributed by atoms with E-state index in [0.29, 0.717) is 24.8 Å². The lowest BCUT2D eigenvalue weighted by atomic mass is 10.1. The maximum absolute atomic E-state index is 13.6. The Morgan fingerprint density at radius 1 is 1.05 bits per heavy atom. The van der Waals surface area contributed by atoms with Gasteiger partial charge in [-0.1, -0.05) is 24.3 Å². The van der Waals surface area contributed by atoms with Crippen molar-refractivity contribution in [2.45, 2.75) is 13.0 Å². The zero-order chi connectivity index (χ0) is 24.5. The molecule has 4 heterocycles. The van der Waals surface area contributed by atoms with Gasteiger partial charge < -0.3 is 23.9 Å². The van der Waals surface area contributed by atoms with Crippen molar-refractivity contribution in [2.24, 2.45) is 13.0 Å². The second-order valence-corrected chi connectivity index (χ2v) is 10.3. The summed E-state index contributed by atoms with van der Waals surface area (Å²) in [6.45, 7) is 3.94. The first-order valence-corrected chi connectivity index (χ1v) is 13.3. The number of aromatic nitrogens is 2. The third-order valence-electron chi connectivity index (χ3n) is 6.98. The second kappa shape index (κ2) is 11.0. The van der Waals surface area contributed by atoms with Gasteiger partial charge in [-0.25, -0.2) is 0 Å². The number of hydrogen-bond donors (Lipinski definition) is 1. The molecule has 6 nitrogen and oxygen atoms in total. The van der Waals surface area contributed by atoms with Crippen LogP contribution in [0.5, 0.6) is 11.5 Å². The number of ketones is 1. The standard InChI is InChI=1S/C29H29N3O3S.ClH/c1-31-26-10-14-36-28(26)16-27(31)29(33)24-18-32(25-8-3-2-7-23(24)25)12-13-34-21-5-4-6-22(15-21)35-19-20-9-11-30-17-20;/h2-8,10,14-16,18,20,30H,9,11-13,17,19H2,1H3;1H/t20-;/m0./s1. The second-order valence-electron chi connectivity index (χ2n) is 9.33. The molecule has 0 aliphatic carbocycles. The van der Waals surface area contributed by atoms with Crippen molar-refractivity contribution in [3.63, 3.8) is 0 Å². The predicted octanol–water partition coefficient (Wildman–Crippen LogP) is 5.91. The number of benzene rings is 2. The molecule has 0 spiro atoms. The van der Waals surface area contributed by atoms with Gasteiger partial charge in [0.2, 0.25) is 5.78 Å². The molecule has 1 fully saturated rings. The molecule has 5 aromatic rings. The predicted molar refractivity (Wildman–Crippen MR) is 152 cm³/mol. The molecule has 0 radical (unpaired) electrons. The SMILES string of the molecule is Cl.Cn1c(C(=O)c2cn(CCOc3cccc(OC[C@H]4CCNC4)c3)c3ccccc23)cc2sccc21. The van der Waals surface area contributed by atoms with Crippen LogP contribution < -0.4 is 14.8 Å². The Morgan fingerprint density at radius 3 is 2.70 bits per heavy atom. The minimum absolute atomic E-state index is 0. The fourth-order valence-electron chi connectivity index (χ4n) is 5.01. The molecule has 3 aromatic heterocycles. The van der Waals surface area contributed by atoms with Gasteiger partial charge in [0, 0.05) is 48.2 Å². The van der Waals surface area contributed by atoms with Crippen LogP contribution in [0.25, 0.3) is 21.1 Å². The van der Waals surface area contributed by atoms with E-state index in [9.17, 15) is 4.79 Å². The number of rotatable bonds is 9. The fourth-order valence-corrected chi connectivity index (χ4v) is 5.85. The first-order chi connectivity index (χ1) is 17.7. The minimum atomic E-state index is 0. The van der Waals surface area contributed by atoms with Crippen LogP contribution in [-0.4, -0.2) is 41.2 Å². The maximum atomic E-state index is 13.6. The summed E-state index contributed by atoms with van der Waals surface area (Å²) in [6.07, 6.45) is 3.13. The van der Waals surface area contributed by atoms with Gasteiger partial charge in [-0.15, -0.1) is 23.7 Å². The lowest BCUT2D eigenvalue weighted by molar-refractivity contribution is 0.103. The molecule has 192 valence electrons. The van der Waals surface area contributed by atoms with Gasteiger partial charge in [0.05, 0.1) is 29.1 Å². The normalized spacial score (nSPS) is 15.2. The zero-order valence-electron chi connectivity index (χ0n) is 20.7. The Balaban J connectivity index is 0.00000280. The molecule has 0 bridgehead atoms. The fraction of sp³-hybridized carbons (Fsp3) is 0.276. The van der Waals surface area contributed by atoms with Crippen LogP contribution in [0.15, 0.2) is 72.2 Å². The van der Waals surface area contributed by atoms with Gasteiger partial charge in [-0.05, 0) is 48.7 Å². The number of thiophene rings is 1. The number of fused-ring (bicyclic) bond motifs is 2. The summed E-state index contributed by atoms with van der Waals surface area (Å²) in [7, 11) is 1.96. The molecule has 6 rings (SSSR count). The van der Waals surface area contributed by atoms with E-state index in [-0.39, 0.29) is 18.2 Å². The van der Waals surface area contributed by atoms with E-state index in [1.54, 1.807) is 11.3 Å². The number of halogens is 1. The molecule has 1 N–H and O–H groups in total. The van der Waals surface area contributed by atoms with Gasteiger partial charge >= 0.3 is 0 Å². The van der Waals surface area contributed by atoms with E-state index in [1.165, 1.54) is 0 Å². The molecule has 2 aromatic carbocycles. The summed E-state index contributed by atoms with van der Waals surface area (Å²) < 4.78 is 17.3. The van der Waals surface area contributed by atoms with E-state index in [4.69, 9.17) is 9.47 Å². The highest BCUT2D eigenvalue weighted by molar-refractivity contribution is 7.17. The number of aryl methyl sites for hydroxylation is 1. The molecule has 0 unspecified atom stereocenters. The summed E-state index contributed by atoms with van der Waals surface area (Å²) in [6, 6.07) is 20.0. The van der Waals surface area contributed by atoms with Gasteiger partial charge in [0.25, 0.3) is 0 Å². The van der Waals surface area contributed by atoms with Gasteiger partial charge in [-0.2, -0.15) is 0 Å². The third kappa shape index (κ3) is 5.12. The summed E-state index contributed by atoms with van der Waals surface area (Å²) in [5, 5.41) is 6.39. The van der Waals surface area contributed by atoms with Crippen LogP contribution in [-0.2, 0) is 13.6 Å². The number of ether oxygens (including phenoxy) is 2. The summed E-state index contributed by atoms with van der Waals surface area (Å²) >= 11 is 1.66. The lowest BCUT2D eigenvalue weighted by Gasteiger charge is -2.13. The largest absolute Gasteiger partial charge is 0.493 e. The Kier molecular flexibility index (Phi) is 7.55. The highest BCUT2D eigenvalue weighted by atomic mass is 35.5. The minimum Gasteiger partial charge on any atom is -0.493 e. The lowest BCUT2D eigenvalue weighted by Crippen LogP contribution is -2.15. The van der Waals surface area contributed by atoms with Gasteiger partial charge in [0.15, 0.2) is 0 Å². The van der Waals surface area contributed by atoms with E-state index in [0.717, 1.165) is 64.3 Å². The molecule has 1 aliphatic rings. The molecule has 0 saturated carbocycles. The quantitative estimate of drug-likeness (QED) is 0.238. The first-order valence-electron chi connectivity index (χ1n) is 12.4. The van der Waals surface area contributed by atoms with Crippen molar-refractivity contribution >= 4 is 50.6 Å². The van der Waals surface area contributed by atoms with E-state index >= 15 is 0 Å². The topological polar surface area (TPSA) is 57.4 Å². The molecule has 8 heteroatoms. The van der Waals surface area contributed by atoms with Gasteiger partial charge in [0.1, 0.15) is 18.1 Å². The average molecular weight is 536 g/mol. The first kappa shape index (κ1) is 25.4. The molecule has 1 saturated heterocycles. The number of nitrogens with zero attached hydrogens (tertiary/aromatic N) is 2. The van der Waals surface area contributed by atoms with E-state index in [1.807, 2.05) is 66.3 Å². The van der Waals surface area contributed by atoms with E-state index < -0.39 is 0 Å². The monoisotopic (exact) mass is 535 g/mol. The summed E-state index contributed by atoms with van der Waals surface area (Å²) in [5.41, 5.74) is 3.55. The van der Waals surface area contributed by atoms with Crippen LogP contribution >= 0.6 is 23.7 Å². The summed E-state index contributed by atoms with van der Waals surface area (Å²) in [4.78, 5) is 13.6. The Labute approximate surface area is 226 Å². The highest BCUT2D eigenvalue weighted by Gasteiger charge is 2.21. The third-order valence-corrected chi connectivity index (χ3v) is 7.84. The number of hydrogen-bond acceptors (Lipinski definition) is 5. The molecular formula is C29H30ClN3O3S. The van der Waals surface area contributed by atoms with Crippen molar-refractivity contribution in [3.8, 4) is 11.5 Å². The van der Waals surface area contributed by atoms with Crippen molar-refractivity contribution < 1.29 is 14.3 Å². The van der Waals surface area contributed by atoms with Crippen LogP contribution in [0.1, 0.15) is 22.5 Å². The smallest absolute Gasteiger partial charge is 0.211 e. The number of nitrogens with one attached hydrogen (secondary N) is 1. The zero-order valence-corrected chi connectivity index (χ0v) is 22.3. The Bertz CT molecular complexity index is 1530. The average Bonchev–Trinajstić information content (AvgIpc) is 3.69. The Hall–Kier alpha value is -3.26. The van der Waals surface area contributed by atoms with Crippen molar-refractivity contribution in [1.82, 2.24) is 14.5 Å². The maximum Gasteiger partial charge on any atom is 0.211 e. The number of carbonyl (C=O) groups excluding carboxylic acids is 1. The molecular weight excluding hydrogens is 506 g/mol. The number of para-hydroxylation sites is 1. The molecule has 37 heavy (non-hydrogen) atoms. The highest BCUT2D eigenvalue weighted by Crippen LogP contribution is 2.29. The molecule has 0 amide bonds. The van der Waals surface area contributed by atoms with Crippen molar-refractivity contribution in [1.29, 1.82) is 0 Å². The van der Waals surface area contributed by atoms with E-state index in [2.05, 4.69) is 27.4 Å². The molecule has 1 aliphatic heterocycles. The van der Waals surface area contributed by atoms with Crippen LogP contribution in [0, 0.1) is 5.92 Å². The van der Waals surface area contributed by atoms with Gasteiger partial charge in [-0.3, -0.25) is 4.79 Å². The van der Waals surface area contributed by atoms with Crippen LogP contribution in [0.3, 0.4) is 0 Å².